The number of H-pyrrole nitrogens is 1. The number of rotatable bonds is 4. The lowest BCUT2D eigenvalue weighted by atomic mass is 10.1. The van der Waals surface area contributed by atoms with Crippen LogP contribution >= 0.6 is 11.6 Å². The topological polar surface area (TPSA) is 62.3 Å². The normalized spacial score (nSPS) is 10.7. The molecule has 4 nitrogen and oxygen atoms in total. The number of nitrogens with one attached hydrogen (secondary N) is 1. The zero-order valence-electron chi connectivity index (χ0n) is 11.0. The zero-order chi connectivity index (χ0) is 14.8. The molecule has 3 aromatic rings. The van der Waals surface area contributed by atoms with Crippen LogP contribution in [0.15, 0.2) is 48.5 Å². The smallest absolute Gasteiger partial charge is 0.335 e. The highest BCUT2D eigenvalue weighted by Crippen LogP contribution is 2.20. The second-order valence-corrected chi connectivity index (χ2v) is 5.08. The van der Waals surface area contributed by atoms with E-state index in [4.69, 9.17) is 21.4 Å². The summed E-state index contributed by atoms with van der Waals surface area (Å²) in [5.74, 6) is -0.207. The van der Waals surface area contributed by atoms with E-state index in [1.165, 1.54) is 0 Å². The van der Waals surface area contributed by atoms with Crippen molar-refractivity contribution in [2.24, 2.45) is 0 Å². The molecule has 0 saturated carbocycles. The van der Waals surface area contributed by atoms with Crippen LogP contribution in [0.2, 0.25) is 5.02 Å². The Kier molecular flexibility index (Phi) is 3.54. The minimum atomic E-state index is -0.933. The molecule has 0 spiro atoms. The maximum absolute atomic E-state index is 10.9. The molecule has 106 valence electrons. The van der Waals surface area contributed by atoms with Gasteiger partial charge < -0.3 is 14.8 Å². The van der Waals surface area contributed by atoms with Crippen LogP contribution in [0, 0.1) is 0 Å². The van der Waals surface area contributed by atoms with E-state index in [1.54, 1.807) is 42.5 Å². The van der Waals surface area contributed by atoms with Gasteiger partial charge in [0.2, 0.25) is 0 Å². The second-order valence-electron chi connectivity index (χ2n) is 4.64. The van der Waals surface area contributed by atoms with Crippen LogP contribution in [-0.2, 0) is 6.61 Å². The van der Waals surface area contributed by atoms with Gasteiger partial charge >= 0.3 is 5.97 Å². The number of halogens is 1. The van der Waals surface area contributed by atoms with Gasteiger partial charge in [0.25, 0.3) is 0 Å². The summed E-state index contributed by atoms with van der Waals surface area (Å²) in [6.45, 7) is 0.374. The fourth-order valence-corrected chi connectivity index (χ4v) is 2.22. The van der Waals surface area contributed by atoms with Crippen LogP contribution in [0.4, 0.5) is 0 Å². The Morgan fingerprint density at radius 3 is 2.62 bits per heavy atom. The van der Waals surface area contributed by atoms with Gasteiger partial charge in [0, 0.05) is 15.9 Å². The summed E-state index contributed by atoms with van der Waals surface area (Å²) in [4.78, 5) is 14.1. The summed E-state index contributed by atoms with van der Waals surface area (Å²) >= 11 is 5.81. The quantitative estimate of drug-likeness (QED) is 0.762. The van der Waals surface area contributed by atoms with Crippen molar-refractivity contribution in [3.8, 4) is 5.75 Å². The number of aromatic carboxylic acids is 1. The van der Waals surface area contributed by atoms with E-state index in [0.29, 0.717) is 11.6 Å². The van der Waals surface area contributed by atoms with E-state index in [2.05, 4.69) is 4.98 Å². The number of hydrogen-bond acceptors (Lipinski definition) is 2. The Bertz CT molecular complexity index is 793. The average molecular weight is 302 g/mol. The number of ether oxygens (including phenoxy) is 1. The fraction of sp³-hybridized carbons (Fsp3) is 0.0625. The lowest BCUT2D eigenvalue weighted by molar-refractivity contribution is 0.0697. The van der Waals surface area contributed by atoms with Gasteiger partial charge in [-0.05, 0) is 48.5 Å². The first kappa shape index (κ1) is 13.5. The van der Waals surface area contributed by atoms with Crippen LogP contribution in [0.5, 0.6) is 5.75 Å². The molecule has 0 aliphatic rings. The SMILES string of the molecule is O=C(O)c1ccc2[nH]c(COc3ccc(Cl)cc3)cc2c1. The lowest BCUT2D eigenvalue weighted by Gasteiger charge is -2.04. The van der Waals surface area contributed by atoms with Gasteiger partial charge in [-0.1, -0.05) is 11.6 Å². The molecule has 5 heteroatoms. The van der Waals surface area contributed by atoms with E-state index in [9.17, 15) is 4.79 Å². The number of carboxylic acid groups (broad SMARTS) is 1. The fourth-order valence-electron chi connectivity index (χ4n) is 2.10. The van der Waals surface area contributed by atoms with E-state index in [-0.39, 0.29) is 5.56 Å². The van der Waals surface area contributed by atoms with Crippen LogP contribution in [0.25, 0.3) is 10.9 Å². The standard InChI is InChI=1S/C16H12ClNO3/c17-12-2-4-14(5-3-12)21-9-13-8-11-7-10(16(19)20)1-6-15(11)18-13/h1-8,18H,9H2,(H,19,20). The van der Waals surface area contributed by atoms with Gasteiger partial charge in [-0.2, -0.15) is 0 Å². The van der Waals surface area contributed by atoms with E-state index in [0.717, 1.165) is 22.3 Å². The minimum absolute atomic E-state index is 0.270. The molecular weight excluding hydrogens is 290 g/mol. The molecule has 1 heterocycles. The van der Waals surface area contributed by atoms with Crippen molar-refractivity contribution in [1.82, 2.24) is 4.98 Å². The largest absolute Gasteiger partial charge is 0.487 e. The minimum Gasteiger partial charge on any atom is -0.487 e. The Morgan fingerprint density at radius 2 is 1.90 bits per heavy atom. The van der Waals surface area contributed by atoms with E-state index in [1.807, 2.05) is 6.07 Å². The third-order valence-electron chi connectivity index (χ3n) is 3.13. The van der Waals surface area contributed by atoms with E-state index >= 15 is 0 Å². The first-order valence-corrected chi connectivity index (χ1v) is 6.73. The highest BCUT2D eigenvalue weighted by molar-refractivity contribution is 6.30. The summed E-state index contributed by atoms with van der Waals surface area (Å²) < 4.78 is 5.65. The first-order chi connectivity index (χ1) is 10.1. The first-order valence-electron chi connectivity index (χ1n) is 6.35. The summed E-state index contributed by atoms with van der Waals surface area (Å²) in [6.07, 6.45) is 0. The predicted molar refractivity (Wildman–Crippen MR) is 81.0 cm³/mol. The van der Waals surface area contributed by atoms with Crippen LogP contribution in [0.1, 0.15) is 16.1 Å². The van der Waals surface area contributed by atoms with Gasteiger partial charge in [-0.25, -0.2) is 4.79 Å². The maximum atomic E-state index is 10.9. The number of benzene rings is 2. The molecule has 3 rings (SSSR count). The number of aromatic nitrogens is 1. The summed E-state index contributed by atoms with van der Waals surface area (Å²) in [6, 6.07) is 14.0. The van der Waals surface area contributed by atoms with E-state index < -0.39 is 5.97 Å². The van der Waals surface area contributed by atoms with Crippen molar-refractivity contribution in [2.75, 3.05) is 0 Å². The van der Waals surface area contributed by atoms with Crippen molar-refractivity contribution in [3.63, 3.8) is 0 Å². The van der Waals surface area contributed by atoms with Crippen LogP contribution in [0.3, 0.4) is 0 Å². The number of carboxylic acids is 1. The molecule has 0 atom stereocenters. The zero-order valence-corrected chi connectivity index (χ0v) is 11.7. The molecule has 2 aromatic carbocycles. The number of hydrogen-bond donors (Lipinski definition) is 2. The van der Waals surface area contributed by atoms with Gasteiger partial charge in [0.05, 0.1) is 11.3 Å². The highest BCUT2D eigenvalue weighted by Gasteiger charge is 2.06. The Balaban J connectivity index is 1.78. The third kappa shape index (κ3) is 3.01. The molecule has 2 N–H and O–H groups in total. The van der Waals surface area contributed by atoms with Crippen molar-refractivity contribution in [2.45, 2.75) is 6.61 Å². The highest BCUT2D eigenvalue weighted by atomic mass is 35.5. The monoisotopic (exact) mass is 301 g/mol. The van der Waals surface area contributed by atoms with Crippen molar-refractivity contribution < 1.29 is 14.6 Å². The summed E-state index contributed by atoms with van der Waals surface area (Å²) in [5.41, 5.74) is 2.03. The molecule has 0 bridgehead atoms. The molecule has 21 heavy (non-hydrogen) atoms. The van der Waals surface area contributed by atoms with Gasteiger partial charge in [0.1, 0.15) is 12.4 Å². The van der Waals surface area contributed by atoms with Crippen LogP contribution < -0.4 is 4.74 Å². The Hall–Kier alpha value is -2.46. The summed E-state index contributed by atoms with van der Waals surface area (Å²) in [5, 5.41) is 10.5. The van der Waals surface area contributed by atoms with Gasteiger partial charge in [-0.15, -0.1) is 0 Å². The molecule has 0 unspecified atom stereocenters. The molecular formula is C16H12ClNO3. The van der Waals surface area contributed by atoms with Crippen molar-refractivity contribution >= 4 is 28.5 Å². The molecule has 0 radical (unpaired) electrons. The van der Waals surface area contributed by atoms with Crippen molar-refractivity contribution in [3.05, 3.63) is 64.8 Å². The molecule has 0 amide bonds. The van der Waals surface area contributed by atoms with Crippen molar-refractivity contribution in [1.29, 1.82) is 0 Å². The number of carbonyl (C=O) groups is 1. The van der Waals surface area contributed by atoms with Gasteiger partial charge in [0.15, 0.2) is 0 Å². The average Bonchev–Trinajstić information content (AvgIpc) is 2.88. The molecule has 0 saturated heterocycles. The number of fused-ring (bicyclic) bond motifs is 1. The lowest BCUT2D eigenvalue weighted by Crippen LogP contribution is -1.95. The third-order valence-corrected chi connectivity index (χ3v) is 3.38. The molecule has 0 fully saturated rings. The Labute approximate surface area is 125 Å². The Morgan fingerprint density at radius 1 is 1.14 bits per heavy atom. The maximum Gasteiger partial charge on any atom is 0.335 e. The van der Waals surface area contributed by atoms with Crippen LogP contribution in [-0.4, -0.2) is 16.1 Å². The second kappa shape index (κ2) is 5.50. The molecule has 0 aliphatic carbocycles. The summed E-state index contributed by atoms with van der Waals surface area (Å²) in [7, 11) is 0. The molecule has 0 aliphatic heterocycles. The number of aromatic amines is 1. The molecule has 1 aromatic heterocycles. The van der Waals surface area contributed by atoms with Gasteiger partial charge in [-0.3, -0.25) is 0 Å². The predicted octanol–water partition coefficient (Wildman–Crippen LogP) is 4.10.